The van der Waals surface area contributed by atoms with Crippen molar-refractivity contribution in [1.29, 1.82) is 0 Å². The van der Waals surface area contributed by atoms with Gasteiger partial charge >= 0.3 is 0 Å². The lowest BCUT2D eigenvalue weighted by Gasteiger charge is -2.10. The second-order valence-corrected chi connectivity index (χ2v) is 4.32. The molecule has 0 aliphatic rings. The van der Waals surface area contributed by atoms with Gasteiger partial charge in [0.1, 0.15) is 0 Å². The minimum atomic E-state index is 0.652. The van der Waals surface area contributed by atoms with Crippen LogP contribution in [0.5, 0.6) is 11.5 Å². The van der Waals surface area contributed by atoms with Gasteiger partial charge in [0.25, 0.3) is 0 Å². The van der Waals surface area contributed by atoms with Crippen LogP contribution in [0.15, 0.2) is 18.2 Å². The molecule has 1 rings (SSSR count). The van der Waals surface area contributed by atoms with Gasteiger partial charge in [0.15, 0.2) is 11.5 Å². The minimum absolute atomic E-state index is 0.652. The molecule has 0 bridgehead atoms. The molecular weight excluding hydrogens is 258 g/mol. The number of hydrogen-bond donors (Lipinski definition) is 1. The summed E-state index contributed by atoms with van der Waals surface area (Å²) in [6, 6.07) is 5.94. The predicted molar refractivity (Wildman–Crippen MR) is 78.6 cm³/mol. The molecule has 0 amide bonds. The van der Waals surface area contributed by atoms with Gasteiger partial charge in [-0.1, -0.05) is 6.07 Å². The van der Waals surface area contributed by atoms with Crippen LogP contribution >= 0.6 is 0 Å². The third-order valence-corrected chi connectivity index (χ3v) is 2.85. The van der Waals surface area contributed by atoms with Gasteiger partial charge in [-0.2, -0.15) is 0 Å². The standard InChI is InChI=1S/C15H25NO4/c1-17-9-10-20-8-4-7-16-12-13-5-6-14(18-2)15(11-13)19-3/h5-6,11,16H,4,7-10,12H2,1-3H3. The second-order valence-electron chi connectivity index (χ2n) is 4.32. The predicted octanol–water partition coefficient (Wildman–Crippen LogP) is 1.85. The van der Waals surface area contributed by atoms with E-state index < -0.39 is 0 Å². The van der Waals surface area contributed by atoms with Crippen molar-refractivity contribution in [3.63, 3.8) is 0 Å². The van der Waals surface area contributed by atoms with E-state index >= 15 is 0 Å². The van der Waals surface area contributed by atoms with Gasteiger partial charge in [0, 0.05) is 20.3 Å². The minimum Gasteiger partial charge on any atom is -0.493 e. The maximum absolute atomic E-state index is 5.39. The van der Waals surface area contributed by atoms with Crippen molar-refractivity contribution in [3.8, 4) is 11.5 Å². The molecule has 114 valence electrons. The molecule has 0 atom stereocenters. The van der Waals surface area contributed by atoms with Gasteiger partial charge in [-0.25, -0.2) is 0 Å². The van der Waals surface area contributed by atoms with E-state index in [1.807, 2.05) is 18.2 Å². The van der Waals surface area contributed by atoms with Crippen LogP contribution in [-0.4, -0.2) is 47.7 Å². The highest BCUT2D eigenvalue weighted by atomic mass is 16.5. The van der Waals surface area contributed by atoms with Crippen LogP contribution < -0.4 is 14.8 Å². The molecule has 0 aliphatic heterocycles. The summed E-state index contributed by atoms with van der Waals surface area (Å²) in [4.78, 5) is 0. The Bertz CT molecular complexity index is 371. The van der Waals surface area contributed by atoms with Crippen molar-refractivity contribution in [2.24, 2.45) is 0 Å². The lowest BCUT2D eigenvalue weighted by molar-refractivity contribution is 0.0695. The molecule has 1 aromatic rings. The Hall–Kier alpha value is -1.30. The zero-order valence-electron chi connectivity index (χ0n) is 12.6. The van der Waals surface area contributed by atoms with Crippen molar-refractivity contribution >= 4 is 0 Å². The topological polar surface area (TPSA) is 49.0 Å². The Labute approximate surface area is 121 Å². The molecule has 0 saturated heterocycles. The third kappa shape index (κ3) is 6.23. The summed E-state index contributed by atoms with van der Waals surface area (Å²) >= 11 is 0. The number of benzene rings is 1. The lowest BCUT2D eigenvalue weighted by Crippen LogP contribution is -2.17. The lowest BCUT2D eigenvalue weighted by atomic mass is 10.2. The summed E-state index contributed by atoms with van der Waals surface area (Å²) in [6.07, 6.45) is 0.983. The number of rotatable bonds is 11. The highest BCUT2D eigenvalue weighted by Crippen LogP contribution is 2.27. The van der Waals surface area contributed by atoms with Crippen molar-refractivity contribution in [1.82, 2.24) is 5.32 Å². The maximum Gasteiger partial charge on any atom is 0.161 e. The number of hydrogen-bond acceptors (Lipinski definition) is 5. The van der Waals surface area contributed by atoms with Crippen LogP contribution in [0.4, 0.5) is 0 Å². The van der Waals surface area contributed by atoms with Crippen LogP contribution in [-0.2, 0) is 16.0 Å². The van der Waals surface area contributed by atoms with Crippen LogP contribution in [0.2, 0.25) is 0 Å². The summed E-state index contributed by atoms with van der Waals surface area (Å²) in [5.74, 6) is 1.51. The maximum atomic E-state index is 5.39. The number of nitrogens with one attached hydrogen (secondary N) is 1. The first-order chi connectivity index (χ1) is 9.81. The van der Waals surface area contributed by atoms with Crippen molar-refractivity contribution < 1.29 is 18.9 Å². The van der Waals surface area contributed by atoms with Gasteiger partial charge in [0.05, 0.1) is 27.4 Å². The molecule has 0 fully saturated rings. The zero-order chi connectivity index (χ0) is 14.6. The summed E-state index contributed by atoms with van der Waals surface area (Å²) < 4.78 is 20.8. The van der Waals surface area contributed by atoms with Gasteiger partial charge < -0.3 is 24.3 Å². The van der Waals surface area contributed by atoms with Gasteiger partial charge in [-0.15, -0.1) is 0 Å². The van der Waals surface area contributed by atoms with E-state index in [0.29, 0.717) is 13.2 Å². The van der Waals surface area contributed by atoms with Crippen LogP contribution in [0, 0.1) is 0 Å². The molecule has 20 heavy (non-hydrogen) atoms. The van der Waals surface area contributed by atoms with Crippen LogP contribution in [0.25, 0.3) is 0 Å². The average molecular weight is 283 g/mol. The highest BCUT2D eigenvalue weighted by molar-refractivity contribution is 5.42. The first-order valence-corrected chi connectivity index (χ1v) is 6.80. The van der Waals surface area contributed by atoms with E-state index in [9.17, 15) is 0 Å². The van der Waals surface area contributed by atoms with Gasteiger partial charge in [-0.05, 0) is 30.7 Å². The van der Waals surface area contributed by atoms with Gasteiger partial charge in [0.2, 0.25) is 0 Å². The van der Waals surface area contributed by atoms with Crippen LogP contribution in [0.1, 0.15) is 12.0 Å². The fraction of sp³-hybridized carbons (Fsp3) is 0.600. The molecule has 0 aliphatic carbocycles. The molecule has 0 unspecified atom stereocenters. The molecule has 0 heterocycles. The summed E-state index contributed by atoms with van der Waals surface area (Å²) in [7, 11) is 4.96. The molecular formula is C15H25NO4. The fourth-order valence-electron chi connectivity index (χ4n) is 1.77. The average Bonchev–Trinajstić information content (AvgIpc) is 2.49. The SMILES string of the molecule is COCCOCCCNCc1ccc(OC)c(OC)c1. The van der Waals surface area contributed by atoms with E-state index in [1.165, 1.54) is 5.56 Å². The van der Waals surface area contributed by atoms with Crippen LogP contribution in [0.3, 0.4) is 0 Å². The first kappa shape index (κ1) is 16.8. The Morgan fingerprint density at radius 2 is 1.75 bits per heavy atom. The van der Waals surface area contributed by atoms with E-state index in [2.05, 4.69) is 5.32 Å². The molecule has 0 radical (unpaired) electrons. The molecule has 0 saturated carbocycles. The highest BCUT2D eigenvalue weighted by Gasteiger charge is 2.03. The van der Waals surface area contributed by atoms with Crippen molar-refractivity contribution in [3.05, 3.63) is 23.8 Å². The molecule has 0 aromatic heterocycles. The monoisotopic (exact) mass is 283 g/mol. The summed E-state index contributed by atoms with van der Waals surface area (Å²) in [5.41, 5.74) is 1.17. The second kappa shape index (κ2) is 10.5. The molecule has 0 spiro atoms. The summed E-state index contributed by atoms with van der Waals surface area (Å²) in [6.45, 7) is 3.79. The quantitative estimate of drug-likeness (QED) is 0.628. The van der Waals surface area contributed by atoms with E-state index in [1.54, 1.807) is 21.3 Å². The Kier molecular flexibility index (Phi) is 8.78. The normalized spacial score (nSPS) is 10.6. The van der Waals surface area contributed by atoms with E-state index in [-0.39, 0.29) is 0 Å². The smallest absolute Gasteiger partial charge is 0.161 e. The Balaban J connectivity index is 2.18. The Morgan fingerprint density at radius 3 is 2.45 bits per heavy atom. The molecule has 1 N–H and O–H groups in total. The molecule has 5 nitrogen and oxygen atoms in total. The number of methoxy groups -OCH3 is 3. The van der Waals surface area contributed by atoms with Gasteiger partial charge in [-0.3, -0.25) is 0 Å². The fourth-order valence-corrected chi connectivity index (χ4v) is 1.77. The zero-order valence-corrected chi connectivity index (χ0v) is 12.6. The van der Waals surface area contributed by atoms with E-state index in [4.69, 9.17) is 18.9 Å². The molecule has 5 heteroatoms. The summed E-state index contributed by atoms with van der Waals surface area (Å²) in [5, 5.41) is 3.37. The Morgan fingerprint density at radius 1 is 0.950 bits per heavy atom. The molecule has 1 aromatic carbocycles. The first-order valence-electron chi connectivity index (χ1n) is 6.80. The number of ether oxygens (including phenoxy) is 4. The van der Waals surface area contributed by atoms with E-state index in [0.717, 1.165) is 37.6 Å². The van der Waals surface area contributed by atoms with Crippen molar-refractivity contribution in [2.45, 2.75) is 13.0 Å². The third-order valence-electron chi connectivity index (χ3n) is 2.85. The van der Waals surface area contributed by atoms with Crippen molar-refractivity contribution in [2.75, 3.05) is 47.7 Å². The largest absolute Gasteiger partial charge is 0.493 e.